The van der Waals surface area contributed by atoms with Crippen LogP contribution >= 0.6 is 0 Å². The number of benzene rings is 2. The van der Waals surface area contributed by atoms with Gasteiger partial charge in [-0.3, -0.25) is 9.59 Å². The molecule has 0 radical (unpaired) electrons. The van der Waals surface area contributed by atoms with Gasteiger partial charge in [-0.1, -0.05) is 12.1 Å². The first kappa shape index (κ1) is 22.6. The number of fused-ring (bicyclic) bond motifs is 1. The highest BCUT2D eigenvalue weighted by Gasteiger charge is 2.26. The standard InChI is InChI=1S/C23H28N2O6/c1-14(26)12-30-17-6-4-15(5-7-17)10-23(2,3)24-11-20(28)18-8-16(27)9-19-22(18)31-13-21(29)25-19/h4-9,20,24,27-28H,10-13H2,1-3H3,(H,25,29). The second-order valence-corrected chi connectivity index (χ2v) is 8.34. The molecule has 1 amide bonds. The zero-order valence-electron chi connectivity index (χ0n) is 17.9. The third-order valence-corrected chi connectivity index (χ3v) is 4.87. The van der Waals surface area contributed by atoms with Crippen LogP contribution in [0.25, 0.3) is 0 Å². The largest absolute Gasteiger partial charge is 0.508 e. The maximum atomic E-state index is 11.5. The Labute approximate surface area is 181 Å². The van der Waals surface area contributed by atoms with Crippen molar-refractivity contribution in [3.63, 3.8) is 0 Å². The summed E-state index contributed by atoms with van der Waals surface area (Å²) in [6.45, 7) is 5.66. The Morgan fingerprint density at radius 2 is 2.00 bits per heavy atom. The number of aliphatic hydroxyl groups is 1. The fraction of sp³-hybridized carbons (Fsp3) is 0.391. The lowest BCUT2D eigenvalue weighted by Gasteiger charge is -2.29. The van der Waals surface area contributed by atoms with E-state index in [0.29, 0.717) is 29.2 Å². The highest BCUT2D eigenvalue weighted by Crippen LogP contribution is 2.38. The van der Waals surface area contributed by atoms with Crippen LogP contribution in [0, 0.1) is 0 Å². The summed E-state index contributed by atoms with van der Waals surface area (Å²) in [7, 11) is 0. The second kappa shape index (κ2) is 9.36. The summed E-state index contributed by atoms with van der Waals surface area (Å²) in [6.07, 6.45) is -0.255. The molecule has 0 fully saturated rings. The van der Waals surface area contributed by atoms with Gasteiger partial charge in [0.2, 0.25) is 0 Å². The van der Waals surface area contributed by atoms with Crippen molar-refractivity contribution in [2.45, 2.75) is 38.8 Å². The maximum absolute atomic E-state index is 11.5. The Morgan fingerprint density at radius 3 is 2.68 bits per heavy atom. The molecule has 0 spiro atoms. The summed E-state index contributed by atoms with van der Waals surface area (Å²) in [6, 6.07) is 10.4. The molecule has 1 aliphatic rings. The molecule has 0 bridgehead atoms. The van der Waals surface area contributed by atoms with E-state index in [2.05, 4.69) is 10.6 Å². The lowest BCUT2D eigenvalue weighted by atomic mass is 9.94. The Hall–Kier alpha value is -3.10. The van der Waals surface area contributed by atoms with Crippen LogP contribution in [0.3, 0.4) is 0 Å². The zero-order chi connectivity index (χ0) is 22.6. The average molecular weight is 428 g/mol. The molecule has 4 N–H and O–H groups in total. The van der Waals surface area contributed by atoms with Gasteiger partial charge in [-0.05, 0) is 51.0 Å². The number of ketones is 1. The third-order valence-electron chi connectivity index (χ3n) is 4.87. The van der Waals surface area contributed by atoms with Crippen molar-refractivity contribution >= 4 is 17.4 Å². The van der Waals surface area contributed by atoms with Crippen molar-refractivity contribution in [2.24, 2.45) is 0 Å². The molecule has 166 valence electrons. The fourth-order valence-corrected chi connectivity index (χ4v) is 3.41. The van der Waals surface area contributed by atoms with E-state index in [9.17, 15) is 19.8 Å². The quantitative estimate of drug-likeness (QED) is 0.484. The van der Waals surface area contributed by atoms with Gasteiger partial charge in [-0.15, -0.1) is 0 Å². The fourth-order valence-electron chi connectivity index (χ4n) is 3.41. The van der Waals surface area contributed by atoms with Crippen LogP contribution in [0.15, 0.2) is 36.4 Å². The number of ether oxygens (including phenoxy) is 2. The topological polar surface area (TPSA) is 117 Å². The highest BCUT2D eigenvalue weighted by atomic mass is 16.5. The number of carbonyl (C=O) groups is 2. The molecule has 0 saturated carbocycles. The molecule has 2 aromatic carbocycles. The van der Waals surface area contributed by atoms with Crippen molar-refractivity contribution in [3.05, 3.63) is 47.5 Å². The summed E-state index contributed by atoms with van der Waals surface area (Å²) in [5.74, 6) is 0.598. The summed E-state index contributed by atoms with van der Waals surface area (Å²) in [4.78, 5) is 22.5. The van der Waals surface area contributed by atoms with Crippen molar-refractivity contribution < 1.29 is 29.3 Å². The monoisotopic (exact) mass is 428 g/mol. The lowest BCUT2D eigenvalue weighted by Crippen LogP contribution is -2.43. The maximum Gasteiger partial charge on any atom is 0.262 e. The molecule has 2 aromatic rings. The normalized spacial score (nSPS) is 14.3. The van der Waals surface area contributed by atoms with Crippen molar-refractivity contribution in [3.8, 4) is 17.2 Å². The number of aromatic hydroxyl groups is 1. The SMILES string of the molecule is CC(=O)COc1ccc(CC(C)(C)NCC(O)c2cc(O)cc3c2OCC(=O)N3)cc1. The number of amides is 1. The predicted molar refractivity (Wildman–Crippen MR) is 116 cm³/mol. The molecule has 0 aliphatic carbocycles. The summed E-state index contributed by atoms with van der Waals surface area (Å²) < 4.78 is 10.9. The van der Waals surface area contributed by atoms with Crippen LogP contribution in [0.5, 0.6) is 17.2 Å². The number of phenols is 1. The number of rotatable bonds is 9. The van der Waals surface area contributed by atoms with Crippen molar-refractivity contribution in [1.29, 1.82) is 0 Å². The van der Waals surface area contributed by atoms with Gasteiger partial charge in [0.25, 0.3) is 5.91 Å². The smallest absolute Gasteiger partial charge is 0.262 e. The van der Waals surface area contributed by atoms with E-state index >= 15 is 0 Å². The molecule has 31 heavy (non-hydrogen) atoms. The minimum atomic E-state index is -0.947. The van der Waals surface area contributed by atoms with Crippen LogP contribution in [0.4, 0.5) is 5.69 Å². The Kier molecular flexibility index (Phi) is 6.82. The number of aliphatic hydroxyl groups excluding tert-OH is 1. The molecular weight excluding hydrogens is 400 g/mol. The summed E-state index contributed by atoms with van der Waals surface area (Å²) in [5.41, 5.74) is 1.49. The molecular formula is C23H28N2O6. The minimum Gasteiger partial charge on any atom is -0.508 e. The predicted octanol–water partition coefficient (Wildman–Crippen LogP) is 2.34. The van der Waals surface area contributed by atoms with Gasteiger partial charge in [0, 0.05) is 23.7 Å². The van der Waals surface area contributed by atoms with Crippen molar-refractivity contribution in [2.75, 3.05) is 25.1 Å². The third kappa shape index (κ3) is 6.19. The molecule has 1 unspecified atom stereocenters. The van der Waals surface area contributed by atoms with E-state index in [-0.39, 0.29) is 42.7 Å². The van der Waals surface area contributed by atoms with E-state index in [1.54, 1.807) is 0 Å². The average Bonchev–Trinajstić information content (AvgIpc) is 2.70. The van der Waals surface area contributed by atoms with Crippen LogP contribution < -0.4 is 20.1 Å². The number of nitrogens with one attached hydrogen (secondary N) is 2. The molecule has 1 heterocycles. The number of carbonyl (C=O) groups excluding carboxylic acids is 2. The number of Topliss-reactive ketones (excluding diaryl/α,β-unsaturated/α-hetero) is 1. The van der Waals surface area contributed by atoms with Gasteiger partial charge >= 0.3 is 0 Å². The summed E-state index contributed by atoms with van der Waals surface area (Å²) in [5, 5.41) is 26.7. The molecule has 1 aliphatic heterocycles. The van der Waals surface area contributed by atoms with E-state index in [4.69, 9.17) is 9.47 Å². The van der Waals surface area contributed by atoms with E-state index in [1.807, 2.05) is 38.1 Å². The van der Waals surface area contributed by atoms with Crippen LogP contribution in [0.1, 0.15) is 38.0 Å². The number of hydrogen-bond acceptors (Lipinski definition) is 7. The highest BCUT2D eigenvalue weighted by molar-refractivity contribution is 5.96. The minimum absolute atomic E-state index is 0.0336. The zero-order valence-corrected chi connectivity index (χ0v) is 17.9. The van der Waals surface area contributed by atoms with Crippen molar-refractivity contribution in [1.82, 2.24) is 5.32 Å². The number of phenolic OH excluding ortho intramolecular Hbond substituents is 1. The van der Waals surface area contributed by atoms with Gasteiger partial charge in [0.05, 0.1) is 11.8 Å². The molecule has 0 aromatic heterocycles. The van der Waals surface area contributed by atoms with Crippen LogP contribution in [-0.4, -0.2) is 47.2 Å². The van der Waals surface area contributed by atoms with Gasteiger partial charge in [0.15, 0.2) is 12.4 Å². The van der Waals surface area contributed by atoms with E-state index < -0.39 is 6.10 Å². The molecule has 0 saturated heterocycles. The Morgan fingerprint density at radius 1 is 1.29 bits per heavy atom. The first-order valence-electron chi connectivity index (χ1n) is 10.1. The number of β-amino-alcohol motifs (C(OH)–C–C–N with tert-alkyl or cyclic N) is 1. The first-order valence-corrected chi connectivity index (χ1v) is 10.1. The molecule has 1 atom stereocenters. The lowest BCUT2D eigenvalue weighted by molar-refractivity contribution is -0.119. The van der Waals surface area contributed by atoms with E-state index in [0.717, 1.165) is 5.56 Å². The second-order valence-electron chi connectivity index (χ2n) is 8.34. The summed E-state index contributed by atoms with van der Waals surface area (Å²) >= 11 is 0. The number of hydrogen-bond donors (Lipinski definition) is 4. The molecule has 3 rings (SSSR count). The van der Waals surface area contributed by atoms with Crippen LogP contribution in [0.2, 0.25) is 0 Å². The Bertz CT molecular complexity index is 955. The molecule has 8 heteroatoms. The number of anilines is 1. The van der Waals surface area contributed by atoms with E-state index in [1.165, 1.54) is 19.1 Å². The Balaban J connectivity index is 1.61. The van der Waals surface area contributed by atoms with Crippen LogP contribution in [-0.2, 0) is 16.0 Å². The van der Waals surface area contributed by atoms with Gasteiger partial charge < -0.3 is 30.3 Å². The van der Waals surface area contributed by atoms with Gasteiger partial charge in [-0.25, -0.2) is 0 Å². The van der Waals surface area contributed by atoms with Gasteiger partial charge in [-0.2, -0.15) is 0 Å². The first-order chi connectivity index (χ1) is 14.6. The van der Waals surface area contributed by atoms with Gasteiger partial charge in [0.1, 0.15) is 23.9 Å². The molecule has 8 nitrogen and oxygen atoms in total.